The first-order chi connectivity index (χ1) is 9.04. The van der Waals surface area contributed by atoms with E-state index in [1.807, 2.05) is 0 Å². The minimum absolute atomic E-state index is 0.0490. The first-order valence-corrected chi connectivity index (χ1v) is 6.74. The van der Waals surface area contributed by atoms with Crippen LogP contribution < -0.4 is 5.32 Å². The van der Waals surface area contributed by atoms with Crippen LogP contribution in [0, 0.1) is 11.7 Å². The number of halogens is 1. The summed E-state index contributed by atoms with van der Waals surface area (Å²) in [5, 5.41) is 12.5. The van der Waals surface area contributed by atoms with Gasteiger partial charge in [-0.15, -0.1) is 0 Å². The van der Waals surface area contributed by atoms with Crippen LogP contribution in [0.2, 0.25) is 0 Å². The molecule has 2 rings (SSSR count). The molecule has 3 nitrogen and oxygen atoms in total. The molecule has 1 aliphatic rings. The summed E-state index contributed by atoms with van der Waals surface area (Å²) in [6.45, 7) is 2.13. The SMILES string of the molecule is CC1CCC(CO)(NC(=O)c2ccc(F)cc2)CC1. The van der Waals surface area contributed by atoms with Crippen LogP contribution in [0.1, 0.15) is 43.0 Å². The third kappa shape index (κ3) is 3.32. The Balaban J connectivity index is 2.06. The molecule has 1 saturated carbocycles. The molecule has 0 atom stereocenters. The van der Waals surface area contributed by atoms with Crippen molar-refractivity contribution < 1.29 is 14.3 Å². The Kier molecular flexibility index (Phi) is 4.20. The molecule has 0 aliphatic heterocycles. The van der Waals surface area contributed by atoms with Gasteiger partial charge < -0.3 is 10.4 Å². The van der Waals surface area contributed by atoms with E-state index >= 15 is 0 Å². The van der Waals surface area contributed by atoms with Crippen LogP contribution >= 0.6 is 0 Å². The molecule has 4 heteroatoms. The number of aliphatic hydroxyl groups is 1. The van der Waals surface area contributed by atoms with Gasteiger partial charge in [-0.1, -0.05) is 6.92 Å². The third-order valence-electron chi connectivity index (χ3n) is 4.02. The lowest BCUT2D eigenvalue weighted by Crippen LogP contribution is -2.53. The number of benzene rings is 1. The molecule has 0 saturated heterocycles. The number of carbonyl (C=O) groups excluding carboxylic acids is 1. The molecule has 104 valence electrons. The zero-order chi connectivity index (χ0) is 13.9. The average Bonchev–Trinajstić information content (AvgIpc) is 2.42. The van der Waals surface area contributed by atoms with Gasteiger partial charge in [0.2, 0.25) is 0 Å². The van der Waals surface area contributed by atoms with Crippen LogP contribution in [0.3, 0.4) is 0 Å². The van der Waals surface area contributed by atoms with Crippen molar-refractivity contribution in [2.45, 2.75) is 38.1 Å². The summed E-state index contributed by atoms with van der Waals surface area (Å²) < 4.78 is 12.8. The molecular weight excluding hydrogens is 245 g/mol. The summed E-state index contributed by atoms with van der Waals surface area (Å²) >= 11 is 0. The molecule has 0 heterocycles. The largest absolute Gasteiger partial charge is 0.394 e. The van der Waals surface area contributed by atoms with Crippen LogP contribution in [-0.4, -0.2) is 23.2 Å². The number of rotatable bonds is 3. The maximum Gasteiger partial charge on any atom is 0.251 e. The average molecular weight is 265 g/mol. The molecule has 1 fully saturated rings. The van der Waals surface area contributed by atoms with Gasteiger partial charge >= 0.3 is 0 Å². The number of hydrogen-bond acceptors (Lipinski definition) is 2. The molecule has 0 unspecified atom stereocenters. The predicted molar refractivity (Wildman–Crippen MR) is 71.3 cm³/mol. The Morgan fingerprint density at radius 2 is 1.95 bits per heavy atom. The van der Waals surface area contributed by atoms with E-state index in [-0.39, 0.29) is 18.3 Å². The highest BCUT2D eigenvalue weighted by atomic mass is 19.1. The maximum absolute atomic E-state index is 12.8. The summed E-state index contributed by atoms with van der Waals surface area (Å²) in [4.78, 5) is 12.1. The Hall–Kier alpha value is -1.42. The zero-order valence-corrected chi connectivity index (χ0v) is 11.2. The Morgan fingerprint density at radius 3 is 2.47 bits per heavy atom. The second kappa shape index (κ2) is 5.70. The Morgan fingerprint density at radius 1 is 1.37 bits per heavy atom. The summed E-state index contributed by atoms with van der Waals surface area (Å²) in [6, 6.07) is 5.45. The standard InChI is InChI=1S/C15H20FNO2/c1-11-6-8-15(10-18,9-7-11)17-14(19)12-2-4-13(16)5-3-12/h2-5,11,18H,6-10H2,1H3,(H,17,19). The molecule has 2 N–H and O–H groups in total. The van der Waals surface area contributed by atoms with Gasteiger partial charge in [0.25, 0.3) is 5.91 Å². The molecule has 1 aromatic carbocycles. The molecule has 1 amide bonds. The topological polar surface area (TPSA) is 49.3 Å². The normalized spacial score (nSPS) is 27.0. The van der Waals surface area contributed by atoms with Gasteiger partial charge in [0, 0.05) is 5.56 Å². The quantitative estimate of drug-likeness (QED) is 0.882. The maximum atomic E-state index is 12.8. The van der Waals surface area contributed by atoms with Crippen LogP contribution in [0.5, 0.6) is 0 Å². The minimum atomic E-state index is -0.516. The molecule has 1 aromatic rings. The van der Waals surface area contributed by atoms with Gasteiger partial charge in [-0.2, -0.15) is 0 Å². The molecule has 0 radical (unpaired) electrons. The molecule has 19 heavy (non-hydrogen) atoms. The number of aliphatic hydroxyl groups excluding tert-OH is 1. The van der Waals surface area contributed by atoms with Gasteiger partial charge in [0.05, 0.1) is 12.1 Å². The summed E-state index contributed by atoms with van der Waals surface area (Å²) in [6.07, 6.45) is 3.59. The van der Waals surface area contributed by atoms with Gasteiger partial charge in [-0.05, 0) is 55.9 Å². The lowest BCUT2D eigenvalue weighted by atomic mass is 9.77. The minimum Gasteiger partial charge on any atom is -0.394 e. The van der Waals surface area contributed by atoms with E-state index in [0.29, 0.717) is 11.5 Å². The number of amides is 1. The van der Waals surface area contributed by atoms with E-state index in [0.717, 1.165) is 25.7 Å². The number of nitrogens with one attached hydrogen (secondary N) is 1. The highest BCUT2D eigenvalue weighted by Gasteiger charge is 2.35. The van der Waals surface area contributed by atoms with Gasteiger partial charge in [-0.25, -0.2) is 4.39 Å². The fraction of sp³-hybridized carbons (Fsp3) is 0.533. The monoisotopic (exact) mass is 265 g/mol. The third-order valence-corrected chi connectivity index (χ3v) is 4.02. The first kappa shape index (κ1) is 14.0. The van der Waals surface area contributed by atoms with Crippen molar-refractivity contribution in [2.75, 3.05) is 6.61 Å². The van der Waals surface area contributed by atoms with Crippen LogP contribution in [0.15, 0.2) is 24.3 Å². The fourth-order valence-electron chi connectivity index (χ4n) is 2.55. The van der Waals surface area contributed by atoms with E-state index < -0.39 is 5.54 Å². The Labute approximate surface area is 112 Å². The molecule has 0 spiro atoms. The summed E-state index contributed by atoms with van der Waals surface area (Å²) in [7, 11) is 0. The fourth-order valence-corrected chi connectivity index (χ4v) is 2.55. The van der Waals surface area contributed by atoms with E-state index in [4.69, 9.17) is 0 Å². The van der Waals surface area contributed by atoms with Crippen molar-refractivity contribution in [3.05, 3.63) is 35.6 Å². The van der Waals surface area contributed by atoms with E-state index in [9.17, 15) is 14.3 Å². The van der Waals surface area contributed by atoms with Crippen LogP contribution in [0.25, 0.3) is 0 Å². The second-order valence-electron chi connectivity index (χ2n) is 5.58. The Bertz CT molecular complexity index is 436. The van der Waals surface area contributed by atoms with Crippen LogP contribution in [0.4, 0.5) is 4.39 Å². The van der Waals surface area contributed by atoms with E-state index in [1.54, 1.807) is 0 Å². The van der Waals surface area contributed by atoms with Gasteiger partial charge in [0.15, 0.2) is 0 Å². The van der Waals surface area contributed by atoms with E-state index in [2.05, 4.69) is 12.2 Å². The van der Waals surface area contributed by atoms with Gasteiger partial charge in [-0.3, -0.25) is 4.79 Å². The highest BCUT2D eigenvalue weighted by molar-refractivity contribution is 5.94. The number of carbonyl (C=O) groups is 1. The van der Waals surface area contributed by atoms with Crippen molar-refractivity contribution in [1.29, 1.82) is 0 Å². The first-order valence-electron chi connectivity index (χ1n) is 6.74. The molecular formula is C15H20FNO2. The number of hydrogen-bond donors (Lipinski definition) is 2. The summed E-state index contributed by atoms with van der Waals surface area (Å²) in [5.74, 6) is 0.0333. The highest BCUT2D eigenvalue weighted by Crippen LogP contribution is 2.31. The molecule has 0 bridgehead atoms. The smallest absolute Gasteiger partial charge is 0.251 e. The van der Waals surface area contributed by atoms with Crippen molar-refractivity contribution >= 4 is 5.91 Å². The second-order valence-corrected chi connectivity index (χ2v) is 5.58. The zero-order valence-electron chi connectivity index (χ0n) is 11.2. The van der Waals surface area contributed by atoms with Gasteiger partial charge in [0.1, 0.15) is 5.82 Å². The van der Waals surface area contributed by atoms with E-state index in [1.165, 1.54) is 24.3 Å². The lowest BCUT2D eigenvalue weighted by Gasteiger charge is -2.38. The van der Waals surface area contributed by atoms with Crippen molar-refractivity contribution in [1.82, 2.24) is 5.32 Å². The van der Waals surface area contributed by atoms with Crippen molar-refractivity contribution in [3.63, 3.8) is 0 Å². The summed E-state index contributed by atoms with van der Waals surface area (Å²) in [5.41, 5.74) is -0.0920. The molecule has 1 aliphatic carbocycles. The lowest BCUT2D eigenvalue weighted by molar-refractivity contribution is 0.0717. The van der Waals surface area contributed by atoms with Crippen molar-refractivity contribution in [2.24, 2.45) is 5.92 Å². The molecule has 0 aromatic heterocycles. The van der Waals surface area contributed by atoms with Crippen LogP contribution in [-0.2, 0) is 0 Å². The van der Waals surface area contributed by atoms with Crippen molar-refractivity contribution in [3.8, 4) is 0 Å². The predicted octanol–water partition coefficient (Wildman–Crippen LogP) is 2.50.